The summed E-state index contributed by atoms with van der Waals surface area (Å²) >= 11 is -0.826. The van der Waals surface area contributed by atoms with Gasteiger partial charge in [-0.05, 0) is 73.6 Å². The minimum absolute atomic E-state index is 0.826. The maximum absolute atomic E-state index is 4.93. The Kier molecular flexibility index (Phi) is 20.1. The first-order chi connectivity index (χ1) is 28.3. The van der Waals surface area contributed by atoms with Gasteiger partial charge in [-0.15, -0.1) is 56.9 Å². The van der Waals surface area contributed by atoms with E-state index in [2.05, 4.69) is 138 Å². The number of rotatable bonds is 10. The third kappa shape index (κ3) is 13.9. The molecule has 2 aliphatic carbocycles. The molecule has 2 fully saturated rings. The van der Waals surface area contributed by atoms with Gasteiger partial charge in [0.1, 0.15) is 0 Å². The summed E-state index contributed by atoms with van der Waals surface area (Å²) in [5.41, 5.74) is 14.2. The first-order valence-electron chi connectivity index (χ1n) is 22.4. The Morgan fingerprint density at radius 2 is 0.897 bits per heavy atom. The summed E-state index contributed by atoms with van der Waals surface area (Å²) in [5.74, 6) is 1.80. The molecule has 0 spiro atoms. The molecule has 6 aromatic rings. The standard InChI is InChI=1S/2C26H31.C2H6Si.2ClH.Zr/c2*1-3-7-20-10-12-23(13-11-20)25-15-19(2)14-24-17-22(18-26(24)25)16-21-8-5-4-6-9-21;1-3-2;;;/h2*10-15,17-18,21H,3-9,16H2,1-2H3;1-2H3;2*1H;/q2*-1;;;;+4/p-2. The second-order valence-corrected chi connectivity index (χ2v) is 22.0. The van der Waals surface area contributed by atoms with Crippen LogP contribution >= 0.6 is 17.0 Å². The van der Waals surface area contributed by atoms with E-state index >= 15 is 0 Å². The predicted molar refractivity (Wildman–Crippen MR) is 257 cm³/mol. The van der Waals surface area contributed by atoms with Crippen molar-refractivity contribution in [2.75, 3.05) is 0 Å². The molecule has 306 valence electrons. The Bertz CT molecular complexity index is 1920. The molecule has 0 aromatic heterocycles. The van der Waals surface area contributed by atoms with Crippen molar-refractivity contribution in [2.24, 2.45) is 11.8 Å². The number of hydrogen-bond donors (Lipinski definition) is 0. The molecule has 8 rings (SSSR count). The van der Waals surface area contributed by atoms with Crippen molar-refractivity contribution in [2.45, 2.75) is 144 Å². The van der Waals surface area contributed by atoms with Gasteiger partial charge >= 0.3 is 37.9 Å². The molecule has 0 saturated heterocycles. The fourth-order valence-electron chi connectivity index (χ4n) is 9.51. The Morgan fingerprint density at radius 1 is 0.552 bits per heavy atom. The zero-order valence-corrected chi connectivity index (χ0v) is 41.4. The van der Waals surface area contributed by atoms with Gasteiger partial charge < -0.3 is 0 Å². The average molecular weight is 907 g/mol. The molecule has 0 nitrogen and oxygen atoms in total. The van der Waals surface area contributed by atoms with Crippen LogP contribution in [0.1, 0.15) is 124 Å². The van der Waals surface area contributed by atoms with Gasteiger partial charge in [0.25, 0.3) is 0 Å². The van der Waals surface area contributed by atoms with Crippen LogP contribution in [-0.4, -0.2) is 9.52 Å². The van der Waals surface area contributed by atoms with Crippen molar-refractivity contribution in [1.29, 1.82) is 0 Å². The van der Waals surface area contributed by atoms with Crippen LogP contribution in [0.3, 0.4) is 0 Å². The van der Waals surface area contributed by atoms with Crippen LogP contribution in [0.2, 0.25) is 13.1 Å². The van der Waals surface area contributed by atoms with Crippen molar-refractivity contribution >= 4 is 48.1 Å². The van der Waals surface area contributed by atoms with Crippen molar-refractivity contribution in [3.63, 3.8) is 0 Å². The SMILES string of the molecule is CCCc1ccc(-c2cc(C)cc3[cH-]c(CC4CCCCC4)cc23)cc1.CCCc1ccc(-c2cc(C)cc3[cH-]c(CC4CCCCC4)cc23)cc1.C[Si]C.[Cl][Zr+2][Cl]. The summed E-state index contributed by atoms with van der Waals surface area (Å²) < 4.78 is 0. The summed E-state index contributed by atoms with van der Waals surface area (Å²) in [6.07, 6.45) is 21.6. The van der Waals surface area contributed by atoms with Crippen LogP contribution in [0.15, 0.2) is 97.1 Å². The monoisotopic (exact) mass is 904 g/mol. The van der Waals surface area contributed by atoms with Crippen LogP contribution < -0.4 is 0 Å². The summed E-state index contributed by atoms with van der Waals surface area (Å²) in [6.45, 7) is 13.2. The molecular weight excluding hydrogens is 839 g/mol. The van der Waals surface area contributed by atoms with Crippen LogP contribution in [-0.2, 0) is 46.5 Å². The van der Waals surface area contributed by atoms with Crippen LogP contribution in [0, 0.1) is 25.7 Å². The predicted octanol–water partition coefficient (Wildman–Crippen LogP) is 17.4. The number of fused-ring (bicyclic) bond motifs is 2. The second kappa shape index (κ2) is 24.9. The molecule has 0 bridgehead atoms. The van der Waals surface area contributed by atoms with Gasteiger partial charge in [-0.2, -0.15) is 12.1 Å². The van der Waals surface area contributed by atoms with E-state index in [0.717, 1.165) is 21.4 Å². The number of benzene rings is 4. The van der Waals surface area contributed by atoms with E-state index in [-0.39, 0.29) is 0 Å². The molecule has 4 heteroatoms. The number of halogens is 2. The quantitative estimate of drug-likeness (QED) is 0.0949. The number of aryl methyl sites for hydroxylation is 4. The molecule has 2 radical (unpaired) electrons. The molecule has 0 amide bonds. The molecule has 6 aromatic carbocycles. The summed E-state index contributed by atoms with van der Waals surface area (Å²) in [7, 11) is 11.0. The molecule has 2 saturated carbocycles. The zero-order chi connectivity index (χ0) is 41.3. The van der Waals surface area contributed by atoms with Gasteiger partial charge in [-0.3, -0.25) is 0 Å². The van der Waals surface area contributed by atoms with Crippen molar-refractivity contribution < 1.29 is 20.8 Å². The van der Waals surface area contributed by atoms with Crippen molar-refractivity contribution in [1.82, 2.24) is 0 Å². The summed E-state index contributed by atoms with van der Waals surface area (Å²) in [4.78, 5) is 0. The van der Waals surface area contributed by atoms with Crippen LogP contribution in [0.5, 0.6) is 0 Å². The van der Waals surface area contributed by atoms with E-state index in [4.69, 9.17) is 17.0 Å². The first kappa shape index (κ1) is 46.8. The topological polar surface area (TPSA) is 0 Å². The molecular formula is C54H68Cl2SiZr. The number of hydrogen-bond acceptors (Lipinski definition) is 0. The van der Waals surface area contributed by atoms with Crippen LogP contribution in [0.25, 0.3) is 43.8 Å². The minimum atomic E-state index is -0.826. The van der Waals surface area contributed by atoms with E-state index in [1.54, 1.807) is 11.1 Å². The van der Waals surface area contributed by atoms with Crippen molar-refractivity contribution in [3.8, 4) is 22.3 Å². The molecule has 58 heavy (non-hydrogen) atoms. The van der Waals surface area contributed by atoms with E-state index in [0.29, 0.717) is 0 Å². The van der Waals surface area contributed by atoms with Gasteiger partial charge in [0.15, 0.2) is 0 Å². The summed E-state index contributed by atoms with van der Waals surface area (Å²) in [6, 6.07) is 37.7. The van der Waals surface area contributed by atoms with E-state index < -0.39 is 20.8 Å². The normalized spacial score (nSPS) is 14.5. The molecule has 2 aliphatic rings. The van der Waals surface area contributed by atoms with Gasteiger partial charge in [-0.1, -0.05) is 187 Å². The fourth-order valence-corrected chi connectivity index (χ4v) is 9.51. The van der Waals surface area contributed by atoms with E-state index in [9.17, 15) is 0 Å². The third-order valence-electron chi connectivity index (χ3n) is 12.2. The maximum atomic E-state index is 4.93. The molecule has 0 aliphatic heterocycles. The van der Waals surface area contributed by atoms with Gasteiger partial charge in [0, 0.05) is 9.52 Å². The van der Waals surface area contributed by atoms with Gasteiger partial charge in [0.2, 0.25) is 0 Å². The first-order valence-corrected chi connectivity index (χ1v) is 30.7. The Hall–Kier alpha value is -2.22. The third-order valence-corrected chi connectivity index (χ3v) is 12.2. The zero-order valence-electron chi connectivity index (χ0n) is 36.5. The van der Waals surface area contributed by atoms with E-state index in [1.165, 1.54) is 169 Å². The van der Waals surface area contributed by atoms with Gasteiger partial charge in [0.05, 0.1) is 0 Å². The van der Waals surface area contributed by atoms with Crippen molar-refractivity contribution in [3.05, 3.63) is 130 Å². The summed E-state index contributed by atoms with van der Waals surface area (Å²) in [5, 5.41) is 5.71. The van der Waals surface area contributed by atoms with E-state index in [1.807, 2.05) is 0 Å². The second-order valence-electron chi connectivity index (χ2n) is 17.2. The fraction of sp³-hybridized carbons (Fsp3) is 0.444. The Morgan fingerprint density at radius 3 is 1.22 bits per heavy atom. The molecule has 0 atom stereocenters. The molecule has 0 unspecified atom stereocenters. The van der Waals surface area contributed by atoms with Gasteiger partial charge in [-0.25, -0.2) is 0 Å². The average Bonchev–Trinajstić information content (AvgIpc) is 3.82. The Balaban J connectivity index is 0.000000195. The van der Waals surface area contributed by atoms with Crippen LogP contribution in [0.4, 0.5) is 0 Å². The molecule has 0 heterocycles. The Labute approximate surface area is 374 Å². The molecule has 0 N–H and O–H groups in total.